The second kappa shape index (κ2) is 8.61. The van der Waals surface area contributed by atoms with Crippen LogP contribution in [0.5, 0.6) is 0 Å². The fourth-order valence-corrected chi connectivity index (χ4v) is 6.31. The van der Waals surface area contributed by atoms with E-state index in [1.54, 1.807) is 0 Å². The van der Waals surface area contributed by atoms with Gasteiger partial charge in [-0.1, -0.05) is 65.6 Å². The summed E-state index contributed by atoms with van der Waals surface area (Å²) in [6.45, 7) is 0.506. The average molecular weight is 467 g/mol. The van der Waals surface area contributed by atoms with Crippen molar-refractivity contribution in [2.75, 3.05) is 11.6 Å². The zero-order valence-corrected chi connectivity index (χ0v) is 18.7. The molecule has 0 bridgehead atoms. The van der Waals surface area contributed by atoms with Crippen LogP contribution in [0.2, 0.25) is 0 Å². The molecule has 3 aromatic carbocycles. The predicted molar refractivity (Wildman–Crippen MR) is 129 cm³/mol. The second-order valence-corrected chi connectivity index (χ2v) is 9.73. The van der Waals surface area contributed by atoms with E-state index in [2.05, 4.69) is 0 Å². The number of thiazole rings is 1. The Labute approximate surface area is 192 Å². The van der Waals surface area contributed by atoms with Gasteiger partial charge in [0.25, 0.3) is 0 Å². The van der Waals surface area contributed by atoms with Crippen LogP contribution >= 0.6 is 23.1 Å². The lowest BCUT2D eigenvalue weighted by Crippen LogP contribution is -2.38. The van der Waals surface area contributed by atoms with E-state index in [4.69, 9.17) is 15.8 Å². The summed E-state index contributed by atoms with van der Waals surface area (Å²) in [4.78, 5) is 4.14. The van der Waals surface area contributed by atoms with Crippen molar-refractivity contribution in [1.82, 2.24) is 4.98 Å². The first-order chi connectivity index (χ1) is 15.6. The molecule has 4 aromatic rings. The number of hydrogen-bond acceptors (Lipinski definition) is 6. The number of nitrogens with zero attached hydrogens (tertiary/aromatic N) is 3. The number of benzene rings is 3. The van der Waals surface area contributed by atoms with E-state index in [-0.39, 0.29) is 5.56 Å². The number of anilines is 1. The Bertz CT molecular complexity index is 1260. The monoisotopic (exact) mass is 466 g/mol. The Hall–Kier alpha value is -2.81. The third-order valence-corrected chi connectivity index (χ3v) is 7.82. The Morgan fingerprint density at radius 3 is 2.53 bits per heavy atom. The zero-order chi connectivity index (χ0) is 22.1. The van der Waals surface area contributed by atoms with Crippen LogP contribution in [0.25, 0.3) is 10.2 Å². The maximum absolute atomic E-state index is 14.7. The van der Waals surface area contributed by atoms with E-state index < -0.39 is 16.5 Å². The number of halogens is 2. The number of nitrogens with two attached hydrogens (primary N) is 1. The highest BCUT2D eigenvalue weighted by Crippen LogP contribution is 2.53. The van der Waals surface area contributed by atoms with Crippen molar-refractivity contribution in [3.63, 3.8) is 0 Å². The van der Waals surface area contributed by atoms with Crippen LogP contribution in [0.1, 0.15) is 24.0 Å². The largest absolute Gasteiger partial charge is 0.330 e. The van der Waals surface area contributed by atoms with Gasteiger partial charge in [-0.25, -0.2) is 18.8 Å². The molecule has 2 N–H and O–H groups in total. The van der Waals surface area contributed by atoms with Gasteiger partial charge in [0, 0.05) is 5.56 Å². The summed E-state index contributed by atoms with van der Waals surface area (Å²) < 4.78 is 29.8. The van der Waals surface area contributed by atoms with Crippen molar-refractivity contribution >= 4 is 43.5 Å². The lowest BCUT2D eigenvalue weighted by atomic mass is 10.0. The Morgan fingerprint density at radius 1 is 0.969 bits per heavy atom. The van der Waals surface area contributed by atoms with Crippen molar-refractivity contribution in [3.05, 3.63) is 95.6 Å². The molecule has 0 amide bonds. The van der Waals surface area contributed by atoms with Gasteiger partial charge in [-0.2, -0.15) is 5.10 Å². The second-order valence-electron chi connectivity index (χ2n) is 7.45. The standard InChI is InChI=1S/C24H20F2N4S2/c25-17-11-12-19(26)18(15-17)22-29-30(23-28-20-9-4-5-10-21(20)31-23)24(32-22,13-6-14-27)16-7-2-1-3-8-16/h1-5,7-12,15H,6,13-14,27H2. The van der Waals surface area contributed by atoms with E-state index in [0.29, 0.717) is 23.1 Å². The first kappa shape index (κ1) is 21.1. The summed E-state index contributed by atoms with van der Waals surface area (Å²) in [5, 5.41) is 7.81. The predicted octanol–water partition coefficient (Wildman–Crippen LogP) is 6.08. The number of aromatic nitrogens is 1. The highest BCUT2D eigenvalue weighted by atomic mass is 32.2. The average Bonchev–Trinajstić information content (AvgIpc) is 3.42. The van der Waals surface area contributed by atoms with Crippen molar-refractivity contribution in [3.8, 4) is 0 Å². The van der Waals surface area contributed by atoms with Crippen molar-refractivity contribution in [1.29, 1.82) is 0 Å². The highest BCUT2D eigenvalue weighted by molar-refractivity contribution is 8.15. The molecule has 1 aliphatic heterocycles. The first-order valence-corrected chi connectivity index (χ1v) is 11.9. The molecule has 1 aliphatic rings. The summed E-state index contributed by atoms with van der Waals surface area (Å²) in [7, 11) is 0. The fourth-order valence-electron chi connectivity index (χ4n) is 3.84. The maximum Gasteiger partial charge on any atom is 0.208 e. The highest BCUT2D eigenvalue weighted by Gasteiger charge is 2.47. The summed E-state index contributed by atoms with van der Waals surface area (Å²) in [6, 6.07) is 21.3. The van der Waals surface area contributed by atoms with Crippen molar-refractivity contribution in [2.24, 2.45) is 10.8 Å². The molecule has 32 heavy (non-hydrogen) atoms. The fraction of sp³-hybridized carbons (Fsp3) is 0.167. The molecule has 0 saturated heterocycles. The molecule has 0 aliphatic carbocycles. The number of para-hydroxylation sites is 1. The van der Waals surface area contributed by atoms with Gasteiger partial charge in [-0.05, 0) is 55.3 Å². The van der Waals surface area contributed by atoms with Crippen LogP contribution in [0.15, 0.2) is 77.9 Å². The normalized spacial score (nSPS) is 18.3. The molecule has 1 atom stereocenters. The third kappa shape index (κ3) is 3.68. The molecule has 0 saturated carbocycles. The molecular weight excluding hydrogens is 446 g/mol. The Kier molecular flexibility index (Phi) is 5.67. The molecule has 4 nitrogen and oxygen atoms in total. The van der Waals surface area contributed by atoms with Crippen LogP contribution in [-0.2, 0) is 4.87 Å². The van der Waals surface area contributed by atoms with Gasteiger partial charge in [0.1, 0.15) is 21.5 Å². The van der Waals surface area contributed by atoms with E-state index in [1.807, 2.05) is 59.6 Å². The molecule has 0 fully saturated rings. The van der Waals surface area contributed by atoms with Gasteiger partial charge in [0.15, 0.2) is 0 Å². The number of hydrogen-bond donors (Lipinski definition) is 1. The van der Waals surface area contributed by atoms with Gasteiger partial charge >= 0.3 is 0 Å². The Balaban J connectivity index is 1.71. The van der Waals surface area contributed by atoms with Gasteiger partial charge in [0.2, 0.25) is 5.13 Å². The summed E-state index contributed by atoms with van der Waals surface area (Å²) in [5.74, 6) is -1.01. The minimum absolute atomic E-state index is 0.145. The summed E-state index contributed by atoms with van der Waals surface area (Å²) in [5.41, 5.74) is 7.92. The minimum atomic E-state index is -0.678. The molecule has 0 radical (unpaired) electrons. The summed E-state index contributed by atoms with van der Waals surface area (Å²) >= 11 is 2.95. The van der Waals surface area contributed by atoms with Crippen LogP contribution in [-0.4, -0.2) is 16.6 Å². The molecule has 2 heterocycles. The maximum atomic E-state index is 14.7. The van der Waals surface area contributed by atoms with E-state index in [9.17, 15) is 8.78 Å². The molecular formula is C24H20F2N4S2. The summed E-state index contributed by atoms with van der Waals surface area (Å²) in [6.07, 6.45) is 1.40. The van der Waals surface area contributed by atoms with E-state index >= 15 is 0 Å². The lowest BCUT2D eigenvalue weighted by molar-refractivity contribution is 0.527. The van der Waals surface area contributed by atoms with E-state index in [1.165, 1.54) is 29.2 Å². The molecule has 1 unspecified atom stereocenters. The SMILES string of the molecule is NCCCC1(c2ccccc2)SC(c2cc(F)ccc2F)=NN1c1nc2ccccc2s1. The van der Waals surface area contributed by atoms with Crippen molar-refractivity contribution < 1.29 is 8.78 Å². The van der Waals surface area contributed by atoms with Gasteiger partial charge < -0.3 is 5.73 Å². The first-order valence-electron chi connectivity index (χ1n) is 10.3. The smallest absolute Gasteiger partial charge is 0.208 e. The number of thioether (sulfide) groups is 1. The van der Waals surface area contributed by atoms with Crippen LogP contribution < -0.4 is 10.7 Å². The topological polar surface area (TPSA) is 54.5 Å². The molecule has 0 spiro atoms. The van der Waals surface area contributed by atoms with E-state index in [0.717, 1.165) is 34.3 Å². The molecule has 8 heteroatoms. The van der Waals surface area contributed by atoms with Gasteiger partial charge in [-0.15, -0.1) is 0 Å². The Morgan fingerprint density at radius 2 is 1.75 bits per heavy atom. The minimum Gasteiger partial charge on any atom is -0.330 e. The molecule has 1 aromatic heterocycles. The number of hydrazone groups is 1. The van der Waals surface area contributed by atoms with Gasteiger partial charge in [-0.3, -0.25) is 0 Å². The lowest BCUT2D eigenvalue weighted by Gasteiger charge is -2.35. The third-order valence-electron chi connectivity index (χ3n) is 5.37. The number of fused-ring (bicyclic) bond motifs is 1. The molecule has 5 rings (SSSR count). The quantitative estimate of drug-likeness (QED) is 0.374. The zero-order valence-electron chi connectivity index (χ0n) is 17.0. The molecule has 162 valence electrons. The van der Waals surface area contributed by atoms with Crippen LogP contribution in [0.3, 0.4) is 0 Å². The number of rotatable bonds is 6. The van der Waals surface area contributed by atoms with Gasteiger partial charge in [0.05, 0.1) is 10.2 Å². The van der Waals surface area contributed by atoms with Crippen LogP contribution in [0, 0.1) is 11.6 Å². The van der Waals surface area contributed by atoms with Crippen molar-refractivity contribution in [2.45, 2.75) is 17.7 Å². The van der Waals surface area contributed by atoms with Crippen LogP contribution in [0.4, 0.5) is 13.9 Å².